The van der Waals surface area contributed by atoms with Crippen molar-refractivity contribution in [3.63, 3.8) is 0 Å². The maximum Gasteiger partial charge on any atom is 0.348 e. The molecule has 3 rings (SSSR count). The lowest BCUT2D eigenvalue weighted by molar-refractivity contribution is 0.466. The van der Waals surface area contributed by atoms with Gasteiger partial charge < -0.3 is 14.6 Å². The maximum atomic E-state index is 11.8. The highest BCUT2D eigenvalue weighted by Gasteiger charge is 2.14. The molecule has 0 bridgehead atoms. The molecule has 3 aromatic rings. The van der Waals surface area contributed by atoms with E-state index >= 15 is 0 Å². The van der Waals surface area contributed by atoms with Gasteiger partial charge in [-0.2, -0.15) is 0 Å². The number of rotatable bonds is 0. The molecule has 0 amide bonds. The van der Waals surface area contributed by atoms with Crippen LogP contribution in [-0.4, -0.2) is 10.2 Å². The predicted octanol–water partition coefficient (Wildman–Crippen LogP) is 2.67. The van der Waals surface area contributed by atoms with Crippen LogP contribution < -0.4 is 5.63 Å². The standard InChI is InChI=1S/C14H10O4/c1-7-2-5-11-8(6-7)12-9(15)3-4-10(16)13(12)14(17)18-11/h2-6,15-16H,1H3. The Bertz CT molecular complexity index is 830. The molecule has 0 unspecified atom stereocenters. The Morgan fingerprint density at radius 1 is 1.00 bits per heavy atom. The zero-order valence-corrected chi connectivity index (χ0v) is 9.60. The number of hydrogen-bond donors (Lipinski definition) is 2. The highest BCUT2D eigenvalue weighted by Crippen LogP contribution is 2.35. The van der Waals surface area contributed by atoms with Crippen LogP contribution in [0.15, 0.2) is 39.5 Å². The third-order valence-corrected chi connectivity index (χ3v) is 2.97. The Labute approximate surface area is 102 Å². The summed E-state index contributed by atoms with van der Waals surface area (Å²) in [6.07, 6.45) is 0. The number of aryl methyl sites for hydroxylation is 1. The van der Waals surface area contributed by atoms with E-state index in [1.807, 2.05) is 13.0 Å². The lowest BCUT2D eigenvalue weighted by Gasteiger charge is -2.06. The molecule has 0 aliphatic carbocycles. The van der Waals surface area contributed by atoms with Crippen molar-refractivity contribution in [1.29, 1.82) is 0 Å². The number of phenolic OH excluding ortho intramolecular Hbond substituents is 2. The number of benzene rings is 2. The fourth-order valence-corrected chi connectivity index (χ4v) is 2.14. The summed E-state index contributed by atoms with van der Waals surface area (Å²) < 4.78 is 5.14. The van der Waals surface area contributed by atoms with Gasteiger partial charge in [-0.1, -0.05) is 11.6 Å². The molecular formula is C14H10O4. The second kappa shape index (κ2) is 3.50. The van der Waals surface area contributed by atoms with Gasteiger partial charge in [0.25, 0.3) is 0 Å². The van der Waals surface area contributed by atoms with Gasteiger partial charge >= 0.3 is 5.63 Å². The average molecular weight is 242 g/mol. The van der Waals surface area contributed by atoms with Crippen LogP contribution in [0, 0.1) is 6.92 Å². The van der Waals surface area contributed by atoms with Crippen LogP contribution in [-0.2, 0) is 0 Å². The van der Waals surface area contributed by atoms with E-state index in [9.17, 15) is 15.0 Å². The van der Waals surface area contributed by atoms with Crippen molar-refractivity contribution in [1.82, 2.24) is 0 Å². The molecule has 2 aromatic carbocycles. The third-order valence-electron chi connectivity index (χ3n) is 2.97. The summed E-state index contributed by atoms with van der Waals surface area (Å²) in [5, 5.41) is 20.6. The molecule has 0 aliphatic rings. The fourth-order valence-electron chi connectivity index (χ4n) is 2.14. The minimum Gasteiger partial charge on any atom is -0.507 e. The highest BCUT2D eigenvalue weighted by molar-refractivity contribution is 6.09. The zero-order valence-electron chi connectivity index (χ0n) is 9.60. The molecule has 0 radical (unpaired) electrons. The number of fused-ring (bicyclic) bond motifs is 3. The first-order valence-electron chi connectivity index (χ1n) is 5.46. The largest absolute Gasteiger partial charge is 0.507 e. The lowest BCUT2D eigenvalue weighted by atomic mass is 10.0. The van der Waals surface area contributed by atoms with Crippen LogP contribution in [0.3, 0.4) is 0 Å². The molecule has 18 heavy (non-hydrogen) atoms. The number of phenols is 2. The van der Waals surface area contributed by atoms with Crippen LogP contribution in [0.1, 0.15) is 5.56 Å². The summed E-state index contributed by atoms with van der Waals surface area (Å²) in [4.78, 5) is 11.8. The second-order valence-corrected chi connectivity index (χ2v) is 4.24. The van der Waals surface area contributed by atoms with E-state index in [1.54, 1.807) is 12.1 Å². The molecule has 4 nitrogen and oxygen atoms in total. The van der Waals surface area contributed by atoms with Gasteiger partial charge in [-0.3, -0.25) is 0 Å². The normalized spacial score (nSPS) is 11.2. The lowest BCUT2D eigenvalue weighted by Crippen LogP contribution is -2.00. The van der Waals surface area contributed by atoms with E-state index in [2.05, 4.69) is 0 Å². The molecule has 0 spiro atoms. The monoisotopic (exact) mass is 242 g/mol. The molecule has 0 saturated carbocycles. The Kier molecular flexibility index (Phi) is 2.07. The summed E-state index contributed by atoms with van der Waals surface area (Å²) in [6.45, 7) is 1.90. The van der Waals surface area contributed by atoms with E-state index in [4.69, 9.17) is 4.42 Å². The average Bonchev–Trinajstić information content (AvgIpc) is 2.33. The number of aromatic hydroxyl groups is 2. The summed E-state index contributed by atoms with van der Waals surface area (Å²) >= 11 is 0. The van der Waals surface area contributed by atoms with Gasteiger partial charge in [0, 0.05) is 10.8 Å². The summed E-state index contributed by atoms with van der Waals surface area (Å²) in [5.74, 6) is -0.244. The maximum absolute atomic E-state index is 11.8. The first-order chi connectivity index (χ1) is 8.58. The molecule has 0 saturated heterocycles. The van der Waals surface area contributed by atoms with Gasteiger partial charge in [-0.25, -0.2) is 4.79 Å². The predicted molar refractivity (Wildman–Crippen MR) is 68.1 cm³/mol. The van der Waals surface area contributed by atoms with Crippen molar-refractivity contribution in [2.24, 2.45) is 0 Å². The van der Waals surface area contributed by atoms with Crippen LogP contribution in [0.25, 0.3) is 21.7 Å². The Hall–Kier alpha value is -2.49. The smallest absolute Gasteiger partial charge is 0.348 e. The van der Waals surface area contributed by atoms with Gasteiger partial charge in [-0.05, 0) is 31.2 Å². The number of hydrogen-bond acceptors (Lipinski definition) is 4. The summed E-state index contributed by atoms with van der Waals surface area (Å²) in [6, 6.07) is 7.93. The first kappa shape index (κ1) is 10.7. The molecule has 1 aromatic heterocycles. The molecule has 90 valence electrons. The highest BCUT2D eigenvalue weighted by atomic mass is 16.4. The van der Waals surface area contributed by atoms with E-state index in [1.165, 1.54) is 12.1 Å². The minimum absolute atomic E-state index is 0.00750. The zero-order chi connectivity index (χ0) is 12.9. The summed E-state index contributed by atoms with van der Waals surface area (Å²) in [7, 11) is 0. The van der Waals surface area contributed by atoms with Crippen molar-refractivity contribution in [3.05, 3.63) is 46.3 Å². The van der Waals surface area contributed by atoms with Crippen LogP contribution in [0.2, 0.25) is 0 Å². The minimum atomic E-state index is -0.658. The fraction of sp³-hybridized carbons (Fsp3) is 0.0714. The van der Waals surface area contributed by atoms with Gasteiger partial charge in [-0.15, -0.1) is 0 Å². The summed E-state index contributed by atoms with van der Waals surface area (Å²) in [5.41, 5.74) is 0.703. The molecule has 1 heterocycles. The molecular weight excluding hydrogens is 232 g/mol. The Morgan fingerprint density at radius 2 is 1.67 bits per heavy atom. The van der Waals surface area contributed by atoms with E-state index in [0.717, 1.165) is 5.56 Å². The van der Waals surface area contributed by atoms with Crippen molar-refractivity contribution in [2.75, 3.05) is 0 Å². The molecule has 2 N–H and O–H groups in total. The van der Waals surface area contributed by atoms with E-state index in [0.29, 0.717) is 16.4 Å². The van der Waals surface area contributed by atoms with Crippen LogP contribution >= 0.6 is 0 Å². The third kappa shape index (κ3) is 1.35. The quantitative estimate of drug-likeness (QED) is 0.361. The van der Waals surface area contributed by atoms with Crippen molar-refractivity contribution in [3.8, 4) is 11.5 Å². The van der Waals surface area contributed by atoms with Crippen molar-refractivity contribution >= 4 is 21.7 Å². The van der Waals surface area contributed by atoms with Gasteiger partial charge in [0.1, 0.15) is 22.5 Å². The topological polar surface area (TPSA) is 70.7 Å². The van der Waals surface area contributed by atoms with E-state index < -0.39 is 5.63 Å². The Morgan fingerprint density at radius 3 is 2.39 bits per heavy atom. The van der Waals surface area contributed by atoms with Crippen molar-refractivity contribution in [2.45, 2.75) is 6.92 Å². The second-order valence-electron chi connectivity index (χ2n) is 4.24. The molecule has 4 heteroatoms. The molecule has 0 fully saturated rings. The first-order valence-corrected chi connectivity index (χ1v) is 5.46. The van der Waals surface area contributed by atoms with E-state index in [-0.39, 0.29) is 16.9 Å². The Balaban J connectivity index is 2.72. The van der Waals surface area contributed by atoms with Crippen LogP contribution in [0.4, 0.5) is 0 Å². The van der Waals surface area contributed by atoms with Crippen molar-refractivity contribution < 1.29 is 14.6 Å². The molecule has 0 aliphatic heterocycles. The van der Waals surface area contributed by atoms with Gasteiger partial charge in [0.2, 0.25) is 0 Å². The van der Waals surface area contributed by atoms with Gasteiger partial charge in [0.05, 0.1) is 0 Å². The van der Waals surface area contributed by atoms with Gasteiger partial charge in [0.15, 0.2) is 0 Å². The molecule has 0 atom stereocenters. The van der Waals surface area contributed by atoms with Crippen LogP contribution in [0.5, 0.6) is 11.5 Å². The SMILES string of the molecule is Cc1ccc2oc(=O)c3c(O)ccc(O)c3c2c1.